The van der Waals surface area contributed by atoms with Gasteiger partial charge in [0.1, 0.15) is 23.2 Å². The summed E-state index contributed by atoms with van der Waals surface area (Å²) < 4.78 is 11.4. The highest BCUT2D eigenvalue weighted by Crippen LogP contribution is 2.49. The Morgan fingerprint density at radius 2 is 1.88 bits per heavy atom. The van der Waals surface area contributed by atoms with E-state index in [-0.39, 0.29) is 39.0 Å². The van der Waals surface area contributed by atoms with Crippen LogP contribution in [0.3, 0.4) is 0 Å². The summed E-state index contributed by atoms with van der Waals surface area (Å²) in [6, 6.07) is 15.4. The number of para-hydroxylation sites is 1. The maximum Gasteiger partial charge on any atom is 0.345 e. The Morgan fingerprint density at radius 3 is 2.59 bits per heavy atom. The van der Waals surface area contributed by atoms with Crippen molar-refractivity contribution in [2.24, 2.45) is 11.1 Å². The van der Waals surface area contributed by atoms with Crippen LogP contribution in [0.5, 0.6) is 5.75 Å². The number of hydrogen-bond donors (Lipinski definition) is 1. The van der Waals surface area contributed by atoms with Crippen molar-refractivity contribution in [1.82, 2.24) is 0 Å². The average molecular weight is 449 g/mol. The number of Topliss-reactive ketones (excluding diaryl/α,β-unsaturated/α-hetero) is 1. The number of benzene rings is 2. The zero-order chi connectivity index (χ0) is 23.0. The summed E-state index contributed by atoms with van der Waals surface area (Å²) in [6.45, 7) is 3.96. The number of ketones is 1. The van der Waals surface area contributed by atoms with Crippen LogP contribution < -0.4 is 10.5 Å². The van der Waals surface area contributed by atoms with Crippen molar-refractivity contribution in [1.29, 1.82) is 5.26 Å². The van der Waals surface area contributed by atoms with Crippen LogP contribution >= 0.6 is 11.6 Å². The molecule has 2 aliphatic rings. The van der Waals surface area contributed by atoms with Gasteiger partial charge in [0.05, 0.1) is 16.5 Å². The lowest BCUT2D eigenvalue weighted by Gasteiger charge is -2.37. The van der Waals surface area contributed by atoms with E-state index in [0.29, 0.717) is 29.7 Å². The van der Waals surface area contributed by atoms with E-state index in [4.69, 9.17) is 26.8 Å². The van der Waals surface area contributed by atoms with Crippen molar-refractivity contribution >= 4 is 23.4 Å². The third-order valence-corrected chi connectivity index (χ3v) is 5.93. The SMILES string of the molecule is CC1(C)CC(=O)C2=C(C1)OC(N)=C(C#N)C2c1ccccc1OC(=O)c1ccccc1Cl. The van der Waals surface area contributed by atoms with Crippen LogP contribution in [0.15, 0.2) is 71.3 Å². The van der Waals surface area contributed by atoms with Crippen molar-refractivity contribution < 1.29 is 19.1 Å². The molecule has 4 rings (SSSR count). The standard InChI is InChI=1S/C25H21ClN2O4/c1-25(2)11-18(29)22-20(12-25)31-23(28)16(13-27)21(22)15-8-4-6-10-19(15)32-24(30)14-7-3-5-9-17(14)26/h3-10,21H,11-12,28H2,1-2H3. The Hall–Kier alpha value is -3.56. The van der Waals surface area contributed by atoms with Crippen molar-refractivity contribution in [2.45, 2.75) is 32.6 Å². The molecular weight excluding hydrogens is 428 g/mol. The molecule has 0 radical (unpaired) electrons. The van der Waals surface area contributed by atoms with E-state index in [1.165, 1.54) is 0 Å². The van der Waals surface area contributed by atoms with Crippen molar-refractivity contribution in [3.63, 3.8) is 0 Å². The van der Waals surface area contributed by atoms with Crippen LogP contribution in [0.2, 0.25) is 5.02 Å². The molecule has 0 fully saturated rings. The Labute approximate surface area is 190 Å². The fourth-order valence-electron chi connectivity index (χ4n) is 4.19. The quantitative estimate of drug-likeness (QED) is 0.523. The van der Waals surface area contributed by atoms with Gasteiger partial charge in [0.25, 0.3) is 0 Å². The molecule has 32 heavy (non-hydrogen) atoms. The van der Waals surface area contributed by atoms with Gasteiger partial charge in [-0.15, -0.1) is 0 Å². The zero-order valence-electron chi connectivity index (χ0n) is 17.6. The van der Waals surface area contributed by atoms with Crippen molar-refractivity contribution in [2.75, 3.05) is 0 Å². The summed E-state index contributed by atoms with van der Waals surface area (Å²) in [6.07, 6.45) is 0.817. The molecule has 0 amide bonds. The molecule has 1 aliphatic heterocycles. The number of esters is 1. The summed E-state index contributed by atoms with van der Waals surface area (Å²) >= 11 is 6.14. The molecule has 2 aromatic carbocycles. The second-order valence-corrected chi connectivity index (χ2v) is 9.02. The van der Waals surface area contributed by atoms with Crippen LogP contribution in [-0.4, -0.2) is 11.8 Å². The molecule has 0 spiro atoms. The molecule has 0 bridgehead atoms. The smallest absolute Gasteiger partial charge is 0.345 e. The first-order valence-electron chi connectivity index (χ1n) is 10.1. The first kappa shape index (κ1) is 21.7. The minimum Gasteiger partial charge on any atom is -0.444 e. The Bertz CT molecular complexity index is 1240. The number of ether oxygens (including phenoxy) is 2. The van der Waals surface area contributed by atoms with Crippen molar-refractivity contribution in [3.8, 4) is 11.8 Å². The molecule has 6 nitrogen and oxygen atoms in total. The average Bonchev–Trinajstić information content (AvgIpc) is 2.72. The highest BCUT2D eigenvalue weighted by atomic mass is 35.5. The lowest BCUT2D eigenvalue weighted by molar-refractivity contribution is -0.119. The van der Waals surface area contributed by atoms with Crippen LogP contribution in [-0.2, 0) is 9.53 Å². The monoisotopic (exact) mass is 448 g/mol. The van der Waals surface area contributed by atoms with Gasteiger partial charge >= 0.3 is 5.97 Å². The predicted octanol–water partition coefficient (Wildman–Crippen LogP) is 5.01. The number of nitrogens with zero attached hydrogens (tertiary/aromatic N) is 1. The van der Waals surface area contributed by atoms with Crippen LogP contribution in [0, 0.1) is 16.7 Å². The number of rotatable bonds is 3. The van der Waals surface area contributed by atoms with Gasteiger partial charge in [0.2, 0.25) is 5.88 Å². The number of carbonyl (C=O) groups excluding carboxylic acids is 2. The van der Waals surface area contributed by atoms with Gasteiger partial charge < -0.3 is 15.2 Å². The number of hydrogen-bond acceptors (Lipinski definition) is 6. The molecule has 1 heterocycles. The Balaban J connectivity index is 1.81. The topological polar surface area (TPSA) is 102 Å². The number of carbonyl (C=O) groups is 2. The molecule has 2 aromatic rings. The molecule has 0 aromatic heterocycles. The van der Waals surface area contributed by atoms with E-state index in [1.54, 1.807) is 48.5 Å². The normalized spacial score (nSPS) is 19.7. The number of halogens is 1. The second-order valence-electron chi connectivity index (χ2n) is 8.61. The molecule has 7 heteroatoms. The summed E-state index contributed by atoms with van der Waals surface area (Å²) in [5, 5.41) is 10.1. The first-order chi connectivity index (χ1) is 15.2. The highest BCUT2D eigenvalue weighted by Gasteiger charge is 2.43. The maximum absolute atomic E-state index is 13.2. The predicted molar refractivity (Wildman–Crippen MR) is 119 cm³/mol. The molecule has 1 unspecified atom stereocenters. The van der Waals surface area contributed by atoms with Gasteiger partial charge in [0.15, 0.2) is 5.78 Å². The van der Waals surface area contributed by atoms with E-state index in [9.17, 15) is 14.9 Å². The van der Waals surface area contributed by atoms with Gasteiger partial charge in [0, 0.05) is 24.0 Å². The first-order valence-corrected chi connectivity index (χ1v) is 10.5. The molecule has 0 saturated heterocycles. The highest BCUT2D eigenvalue weighted by molar-refractivity contribution is 6.33. The lowest BCUT2D eigenvalue weighted by Crippen LogP contribution is -2.33. The third kappa shape index (κ3) is 3.88. The fourth-order valence-corrected chi connectivity index (χ4v) is 4.40. The molecule has 2 N–H and O–H groups in total. The van der Waals surface area contributed by atoms with Gasteiger partial charge in [-0.25, -0.2) is 4.79 Å². The number of nitrogens with two attached hydrogens (primary N) is 1. The van der Waals surface area contributed by atoms with Gasteiger partial charge in [-0.2, -0.15) is 5.26 Å². The summed E-state index contributed by atoms with van der Waals surface area (Å²) in [4.78, 5) is 26.0. The van der Waals surface area contributed by atoms with Crippen LogP contribution in [0.4, 0.5) is 0 Å². The van der Waals surface area contributed by atoms with E-state index in [1.807, 2.05) is 13.8 Å². The number of nitriles is 1. The second kappa shape index (κ2) is 8.18. The molecule has 1 aliphatic carbocycles. The fraction of sp³-hybridized carbons (Fsp3) is 0.240. The minimum absolute atomic E-state index is 0.0472. The van der Waals surface area contributed by atoms with Crippen LogP contribution in [0.25, 0.3) is 0 Å². The lowest BCUT2D eigenvalue weighted by atomic mass is 9.70. The maximum atomic E-state index is 13.2. The summed E-state index contributed by atoms with van der Waals surface area (Å²) in [7, 11) is 0. The Kier molecular flexibility index (Phi) is 5.53. The van der Waals surface area contributed by atoms with E-state index >= 15 is 0 Å². The van der Waals surface area contributed by atoms with Gasteiger partial charge in [-0.3, -0.25) is 4.79 Å². The third-order valence-electron chi connectivity index (χ3n) is 5.60. The Morgan fingerprint density at radius 1 is 1.19 bits per heavy atom. The molecular formula is C25H21ClN2O4. The van der Waals surface area contributed by atoms with E-state index < -0.39 is 11.9 Å². The largest absolute Gasteiger partial charge is 0.444 e. The van der Waals surface area contributed by atoms with E-state index in [0.717, 1.165) is 0 Å². The van der Waals surface area contributed by atoms with Crippen LogP contribution in [0.1, 0.15) is 48.5 Å². The number of allylic oxidation sites excluding steroid dienone is 3. The zero-order valence-corrected chi connectivity index (χ0v) is 18.4. The summed E-state index contributed by atoms with van der Waals surface area (Å²) in [5.74, 6) is -0.921. The summed E-state index contributed by atoms with van der Waals surface area (Å²) in [5.41, 5.74) is 6.98. The molecule has 0 saturated carbocycles. The molecule has 1 atom stereocenters. The van der Waals surface area contributed by atoms with Gasteiger partial charge in [-0.05, 0) is 23.6 Å². The minimum atomic E-state index is -0.789. The van der Waals surface area contributed by atoms with Gasteiger partial charge in [-0.1, -0.05) is 55.8 Å². The van der Waals surface area contributed by atoms with E-state index in [2.05, 4.69) is 6.07 Å². The molecule has 162 valence electrons. The van der Waals surface area contributed by atoms with Crippen molar-refractivity contribution in [3.05, 3.63) is 87.5 Å².